The highest BCUT2D eigenvalue weighted by molar-refractivity contribution is 14.0. The van der Waals surface area contributed by atoms with Gasteiger partial charge in [-0.25, -0.2) is 0 Å². The predicted octanol–water partition coefficient (Wildman–Crippen LogP) is 2.42. The smallest absolute Gasteiger partial charge is 0.191 e. The number of aryl methyl sites for hydroxylation is 1. The molecule has 1 fully saturated rings. The highest BCUT2D eigenvalue weighted by Gasteiger charge is 2.20. The summed E-state index contributed by atoms with van der Waals surface area (Å²) >= 11 is 0. The quantitative estimate of drug-likeness (QED) is 0.401. The summed E-state index contributed by atoms with van der Waals surface area (Å²) in [5.41, 5.74) is 2.44. The molecule has 24 heavy (non-hydrogen) atoms. The summed E-state index contributed by atoms with van der Waals surface area (Å²) in [7, 11) is 5.74. The fourth-order valence-electron chi connectivity index (χ4n) is 3.02. The van der Waals surface area contributed by atoms with Gasteiger partial charge in [-0.05, 0) is 57.0 Å². The van der Waals surface area contributed by atoms with Crippen LogP contribution in [0.1, 0.15) is 24.0 Å². The van der Waals surface area contributed by atoms with Gasteiger partial charge >= 0.3 is 0 Å². The maximum absolute atomic E-state index is 5.38. The molecule has 1 aliphatic rings. The Balaban J connectivity index is 0.00000288. The average molecular weight is 446 g/mol. The van der Waals surface area contributed by atoms with Crippen molar-refractivity contribution < 1.29 is 4.74 Å². The van der Waals surface area contributed by atoms with Crippen LogP contribution in [-0.2, 0) is 6.42 Å². The van der Waals surface area contributed by atoms with Crippen LogP contribution in [-0.4, -0.2) is 57.7 Å². The van der Waals surface area contributed by atoms with Gasteiger partial charge in [-0.15, -0.1) is 24.0 Å². The maximum atomic E-state index is 5.38. The molecular formula is C18H31IN4O. The lowest BCUT2D eigenvalue weighted by Gasteiger charge is -2.21. The molecule has 0 amide bonds. The minimum absolute atomic E-state index is 0. The van der Waals surface area contributed by atoms with Gasteiger partial charge in [0, 0.05) is 26.2 Å². The van der Waals surface area contributed by atoms with Crippen molar-refractivity contribution in [3.8, 4) is 5.75 Å². The Morgan fingerprint density at radius 1 is 1.38 bits per heavy atom. The molecule has 0 spiro atoms. The molecule has 0 bridgehead atoms. The second-order valence-corrected chi connectivity index (χ2v) is 6.21. The number of rotatable bonds is 6. The average Bonchev–Trinajstić information content (AvgIpc) is 2.97. The molecule has 1 unspecified atom stereocenters. The molecule has 1 atom stereocenters. The number of halogens is 1. The first-order valence-corrected chi connectivity index (χ1v) is 8.42. The third kappa shape index (κ3) is 6.12. The van der Waals surface area contributed by atoms with Crippen LogP contribution in [0.5, 0.6) is 5.75 Å². The minimum Gasteiger partial charge on any atom is -0.496 e. The standard InChI is InChI=1S/C18H30N4O.HI/c1-14-7-8-15(12-17(14)23-4)9-10-20-18(19-2)21-13-16-6-5-11-22(16)3;/h7-8,12,16H,5-6,9-11,13H2,1-4H3,(H2,19,20,21);1H. The lowest BCUT2D eigenvalue weighted by atomic mass is 10.1. The van der Waals surface area contributed by atoms with E-state index >= 15 is 0 Å². The van der Waals surface area contributed by atoms with Crippen LogP contribution in [0.25, 0.3) is 0 Å². The monoisotopic (exact) mass is 446 g/mol. The van der Waals surface area contributed by atoms with Crippen molar-refractivity contribution in [2.24, 2.45) is 4.99 Å². The van der Waals surface area contributed by atoms with E-state index in [2.05, 4.69) is 52.7 Å². The second-order valence-electron chi connectivity index (χ2n) is 6.21. The Bertz CT molecular complexity index is 536. The van der Waals surface area contributed by atoms with Gasteiger partial charge in [0.05, 0.1) is 7.11 Å². The van der Waals surface area contributed by atoms with Gasteiger partial charge < -0.3 is 20.3 Å². The molecule has 0 radical (unpaired) electrons. The minimum atomic E-state index is 0. The summed E-state index contributed by atoms with van der Waals surface area (Å²) in [6, 6.07) is 7.00. The zero-order valence-corrected chi connectivity index (χ0v) is 17.6. The second kappa shape index (κ2) is 10.8. The van der Waals surface area contributed by atoms with Crippen molar-refractivity contribution in [1.82, 2.24) is 15.5 Å². The van der Waals surface area contributed by atoms with Crippen molar-refractivity contribution in [3.05, 3.63) is 29.3 Å². The largest absolute Gasteiger partial charge is 0.496 e. The van der Waals surface area contributed by atoms with Crippen molar-refractivity contribution in [2.45, 2.75) is 32.2 Å². The topological polar surface area (TPSA) is 48.9 Å². The van der Waals surface area contributed by atoms with E-state index in [4.69, 9.17) is 4.74 Å². The van der Waals surface area contributed by atoms with E-state index in [1.807, 2.05) is 7.05 Å². The summed E-state index contributed by atoms with van der Waals surface area (Å²) < 4.78 is 5.38. The number of hydrogen-bond donors (Lipinski definition) is 2. The molecule has 6 heteroatoms. The van der Waals surface area contributed by atoms with Crippen molar-refractivity contribution in [3.63, 3.8) is 0 Å². The van der Waals surface area contributed by atoms with Crippen molar-refractivity contribution in [2.75, 3.05) is 40.8 Å². The lowest BCUT2D eigenvalue weighted by molar-refractivity contribution is 0.309. The molecule has 136 valence electrons. The molecule has 5 nitrogen and oxygen atoms in total. The number of nitrogens with one attached hydrogen (secondary N) is 2. The van der Waals surface area contributed by atoms with E-state index in [9.17, 15) is 0 Å². The summed E-state index contributed by atoms with van der Waals surface area (Å²) in [5, 5.41) is 6.82. The Morgan fingerprint density at radius 3 is 2.79 bits per heavy atom. The molecule has 2 N–H and O–H groups in total. The maximum Gasteiger partial charge on any atom is 0.191 e. The summed E-state index contributed by atoms with van der Waals surface area (Å²) in [6.45, 7) is 5.07. The van der Waals surface area contributed by atoms with E-state index in [-0.39, 0.29) is 24.0 Å². The van der Waals surface area contributed by atoms with Crippen LogP contribution in [0.4, 0.5) is 0 Å². The number of methoxy groups -OCH3 is 1. The SMILES string of the molecule is CN=C(NCCc1ccc(C)c(OC)c1)NCC1CCCN1C.I. The van der Waals surface area contributed by atoms with E-state index in [0.29, 0.717) is 6.04 Å². The first kappa shape index (κ1) is 21.0. The van der Waals surface area contributed by atoms with Crippen molar-refractivity contribution in [1.29, 1.82) is 0 Å². The van der Waals surface area contributed by atoms with E-state index in [0.717, 1.165) is 31.2 Å². The number of ether oxygens (including phenoxy) is 1. The van der Waals surface area contributed by atoms with Gasteiger partial charge in [0.15, 0.2) is 5.96 Å². The van der Waals surface area contributed by atoms with E-state index in [1.54, 1.807) is 7.11 Å². The van der Waals surface area contributed by atoms with Crippen LogP contribution < -0.4 is 15.4 Å². The first-order valence-electron chi connectivity index (χ1n) is 8.42. The third-order valence-electron chi connectivity index (χ3n) is 4.58. The molecule has 1 saturated heterocycles. The van der Waals surface area contributed by atoms with E-state index < -0.39 is 0 Å². The number of likely N-dealkylation sites (tertiary alicyclic amines) is 1. The molecule has 2 rings (SSSR count). The van der Waals surface area contributed by atoms with Gasteiger partial charge in [-0.2, -0.15) is 0 Å². The summed E-state index contributed by atoms with van der Waals surface area (Å²) in [5.74, 6) is 1.83. The number of benzene rings is 1. The Hall–Kier alpha value is -1.02. The van der Waals surface area contributed by atoms with E-state index in [1.165, 1.54) is 30.5 Å². The third-order valence-corrected chi connectivity index (χ3v) is 4.58. The van der Waals surface area contributed by atoms with Crippen molar-refractivity contribution >= 4 is 29.9 Å². The van der Waals surface area contributed by atoms with Crippen LogP contribution >= 0.6 is 24.0 Å². The lowest BCUT2D eigenvalue weighted by Crippen LogP contribution is -2.44. The van der Waals surface area contributed by atoms with Gasteiger partial charge in [-0.3, -0.25) is 4.99 Å². The number of guanidine groups is 1. The molecule has 1 aliphatic heterocycles. The number of hydrogen-bond acceptors (Lipinski definition) is 3. The van der Waals surface area contributed by atoms with Crippen LogP contribution in [0.3, 0.4) is 0 Å². The molecular weight excluding hydrogens is 415 g/mol. The highest BCUT2D eigenvalue weighted by atomic mass is 127. The fraction of sp³-hybridized carbons (Fsp3) is 0.611. The molecule has 0 aromatic heterocycles. The van der Waals surface area contributed by atoms with Gasteiger partial charge in [0.1, 0.15) is 5.75 Å². The molecule has 1 heterocycles. The van der Waals surface area contributed by atoms with Crippen LogP contribution in [0.2, 0.25) is 0 Å². The van der Waals surface area contributed by atoms with Gasteiger partial charge in [-0.1, -0.05) is 12.1 Å². The number of nitrogens with zero attached hydrogens (tertiary/aromatic N) is 2. The number of aliphatic imine (C=N–C) groups is 1. The Labute approximate surface area is 163 Å². The predicted molar refractivity (Wildman–Crippen MR) is 112 cm³/mol. The normalized spacial score (nSPS) is 18.2. The van der Waals surface area contributed by atoms with Crippen LogP contribution in [0, 0.1) is 6.92 Å². The Kier molecular flexibility index (Phi) is 9.43. The Morgan fingerprint density at radius 2 is 2.17 bits per heavy atom. The highest BCUT2D eigenvalue weighted by Crippen LogP contribution is 2.19. The molecule has 0 aliphatic carbocycles. The zero-order chi connectivity index (χ0) is 16.7. The molecule has 1 aromatic carbocycles. The summed E-state index contributed by atoms with van der Waals surface area (Å²) in [6.07, 6.45) is 3.51. The van der Waals surface area contributed by atoms with Gasteiger partial charge in [0.2, 0.25) is 0 Å². The zero-order valence-electron chi connectivity index (χ0n) is 15.3. The number of likely N-dealkylation sites (N-methyl/N-ethyl adjacent to an activating group) is 1. The van der Waals surface area contributed by atoms with Gasteiger partial charge in [0.25, 0.3) is 0 Å². The molecule has 1 aromatic rings. The first-order chi connectivity index (χ1) is 11.1. The fourth-order valence-corrected chi connectivity index (χ4v) is 3.02. The molecule has 0 saturated carbocycles. The van der Waals surface area contributed by atoms with Crippen LogP contribution in [0.15, 0.2) is 23.2 Å². The summed E-state index contributed by atoms with van der Waals surface area (Å²) in [4.78, 5) is 6.72.